The fourth-order valence-electron chi connectivity index (χ4n) is 2.01. The van der Waals surface area contributed by atoms with Gasteiger partial charge in [0, 0.05) is 15.6 Å². The van der Waals surface area contributed by atoms with Crippen molar-refractivity contribution in [2.75, 3.05) is 0 Å². The van der Waals surface area contributed by atoms with Crippen LogP contribution >= 0.6 is 34.8 Å². The van der Waals surface area contributed by atoms with Crippen LogP contribution in [0.5, 0.6) is 0 Å². The Bertz CT molecular complexity index is 891. The molecule has 8 heteroatoms. The highest BCUT2D eigenvalue weighted by Crippen LogP contribution is 2.31. The van der Waals surface area contributed by atoms with Gasteiger partial charge in [0.1, 0.15) is 0 Å². The Morgan fingerprint density at radius 2 is 1.65 bits per heavy atom. The summed E-state index contributed by atoms with van der Waals surface area (Å²) in [6.45, 7) is 0. The van der Waals surface area contributed by atoms with Crippen LogP contribution < -0.4 is 0 Å². The van der Waals surface area contributed by atoms with Gasteiger partial charge >= 0.3 is 5.97 Å². The number of halogens is 3. The molecule has 0 bridgehead atoms. The van der Waals surface area contributed by atoms with E-state index in [2.05, 4.69) is 10.1 Å². The normalized spacial score (nSPS) is 10.7. The molecule has 1 heterocycles. The van der Waals surface area contributed by atoms with Crippen LogP contribution in [0, 0.1) is 0 Å². The van der Waals surface area contributed by atoms with E-state index in [0.29, 0.717) is 26.3 Å². The van der Waals surface area contributed by atoms with E-state index in [-0.39, 0.29) is 11.6 Å². The molecule has 0 amide bonds. The molecule has 0 atom stereocenters. The lowest BCUT2D eigenvalue weighted by atomic mass is 10.2. The van der Waals surface area contributed by atoms with E-state index in [1.807, 2.05) is 0 Å². The quantitative estimate of drug-likeness (QED) is 0.734. The van der Waals surface area contributed by atoms with Gasteiger partial charge in [0.15, 0.2) is 5.82 Å². The van der Waals surface area contributed by atoms with Crippen LogP contribution in [0.25, 0.3) is 17.1 Å². The average molecular weight is 369 g/mol. The molecule has 0 unspecified atom stereocenters. The molecule has 0 saturated heterocycles. The number of hydrogen-bond donors (Lipinski definition) is 1. The van der Waals surface area contributed by atoms with Crippen molar-refractivity contribution in [3.63, 3.8) is 0 Å². The summed E-state index contributed by atoms with van der Waals surface area (Å²) in [5, 5.41) is 14.6. The second-order valence-corrected chi connectivity index (χ2v) is 5.86. The number of carbonyl (C=O) groups is 1. The van der Waals surface area contributed by atoms with E-state index in [4.69, 9.17) is 39.9 Å². The Balaban J connectivity index is 2.25. The SMILES string of the molecule is O=C(O)c1nc(-c2cc(Cl)ccc2Cl)n(-c2ccc(Cl)cc2)n1. The van der Waals surface area contributed by atoms with Crippen LogP contribution in [-0.4, -0.2) is 25.8 Å². The summed E-state index contributed by atoms with van der Waals surface area (Å²) in [5.41, 5.74) is 1.08. The van der Waals surface area contributed by atoms with Gasteiger partial charge in [0.05, 0.1) is 10.7 Å². The van der Waals surface area contributed by atoms with Crippen molar-refractivity contribution in [3.8, 4) is 17.1 Å². The third kappa shape index (κ3) is 3.17. The number of benzene rings is 2. The molecule has 23 heavy (non-hydrogen) atoms. The molecule has 116 valence electrons. The maximum Gasteiger partial charge on any atom is 0.375 e. The topological polar surface area (TPSA) is 68.0 Å². The van der Waals surface area contributed by atoms with Gasteiger partial charge in [0.25, 0.3) is 5.82 Å². The van der Waals surface area contributed by atoms with Crippen molar-refractivity contribution in [3.05, 3.63) is 63.4 Å². The first-order chi connectivity index (χ1) is 11.0. The minimum Gasteiger partial charge on any atom is -0.475 e. The van der Waals surface area contributed by atoms with Crippen LogP contribution in [0.4, 0.5) is 0 Å². The third-order valence-electron chi connectivity index (χ3n) is 3.04. The lowest BCUT2D eigenvalue weighted by Crippen LogP contribution is -2.02. The summed E-state index contributed by atoms with van der Waals surface area (Å²) in [6, 6.07) is 11.6. The van der Waals surface area contributed by atoms with Crippen molar-refractivity contribution in [1.82, 2.24) is 14.8 Å². The number of carboxylic acid groups (broad SMARTS) is 1. The summed E-state index contributed by atoms with van der Waals surface area (Å²) in [4.78, 5) is 15.3. The predicted molar refractivity (Wildman–Crippen MR) is 88.8 cm³/mol. The van der Waals surface area contributed by atoms with Gasteiger partial charge in [-0.2, -0.15) is 0 Å². The second kappa shape index (κ2) is 6.20. The van der Waals surface area contributed by atoms with E-state index in [1.54, 1.807) is 42.5 Å². The Morgan fingerprint density at radius 1 is 1.00 bits per heavy atom. The van der Waals surface area contributed by atoms with E-state index < -0.39 is 5.97 Å². The van der Waals surface area contributed by atoms with Gasteiger partial charge in [-0.1, -0.05) is 34.8 Å². The zero-order chi connectivity index (χ0) is 16.6. The zero-order valence-corrected chi connectivity index (χ0v) is 13.6. The summed E-state index contributed by atoms with van der Waals surface area (Å²) in [7, 11) is 0. The smallest absolute Gasteiger partial charge is 0.375 e. The summed E-state index contributed by atoms with van der Waals surface area (Å²) < 4.78 is 1.39. The first-order valence-corrected chi connectivity index (χ1v) is 7.51. The number of aromatic carboxylic acids is 1. The number of aromatic nitrogens is 3. The lowest BCUT2D eigenvalue weighted by Gasteiger charge is -2.08. The number of hydrogen-bond acceptors (Lipinski definition) is 3. The van der Waals surface area contributed by atoms with Crippen molar-refractivity contribution in [2.45, 2.75) is 0 Å². The fourth-order valence-corrected chi connectivity index (χ4v) is 2.51. The Hall–Kier alpha value is -2.08. The Morgan fingerprint density at radius 3 is 2.30 bits per heavy atom. The van der Waals surface area contributed by atoms with Crippen LogP contribution in [0.3, 0.4) is 0 Å². The molecule has 0 aliphatic heterocycles. The minimum atomic E-state index is -1.24. The third-order valence-corrected chi connectivity index (χ3v) is 3.86. The molecule has 0 fully saturated rings. The highest BCUT2D eigenvalue weighted by Gasteiger charge is 2.20. The number of nitrogens with zero attached hydrogens (tertiary/aromatic N) is 3. The molecule has 0 saturated carbocycles. The van der Waals surface area contributed by atoms with Gasteiger partial charge < -0.3 is 5.11 Å². The number of rotatable bonds is 3. The molecule has 0 spiro atoms. The standard InChI is InChI=1S/C15H8Cl3N3O2/c16-8-1-4-10(5-2-8)21-14(19-13(20-21)15(22)23)11-7-9(17)3-6-12(11)18/h1-7H,(H,22,23). The zero-order valence-electron chi connectivity index (χ0n) is 11.4. The maximum atomic E-state index is 11.2. The molecule has 1 N–H and O–H groups in total. The highest BCUT2D eigenvalue weighted by atomic mass is 35.5. The van der Waals surface area contributed by atoms with Crippen molar-refractivity contribution >= 4 is 40.8 Å². The van der Waals surface area contributed by atoms with E-state index >= 15 is 0 Å². The molecule has 0 radical (unpaired) electrons. The van der Waals surface area contributed by atoms with E-state index in [9.17, 15) is 4.79 Å². The summed E-state index contributed by atoms with van der Waals surface area (Å²) in [5.74, 6) is -1.31. The minimum absolute atomic E-state index is 0.275. The average Bonchev–Trinajstić information content (AvgIpc) is 2.96. The maximum absolute atomic E-state index is 11.2. The van der Waals surface area contributed by atoms with Crippen molar-refractivity contribution in [1.29, 1.82) is 0 Å². The molecule has 0 aliphatic carbocycles. The predicted octanol–water partition coefficient (Wildman–Crippen LogP) is 4.59. The molecule has 0 aliphatic rings. The van der Waals surface area contributed by atoms with Crippen LogP contribution in [0.1, 0.15) is 10.6 Å². The molecule has 2 aromatic carbocycles. The van der Waals surface area contributed by atoms with Crippen molar-refractivity contribution < 1.29 is 9.90 Å². The fraction of sp³-hybridized carbons (Fsp3) is 0. The van der Waals surface area contributed by atoms with Crippen LogP contribution in [-0.2, 0) is 0 Å². The molecule has 5 nitrogen and oxygen atoms in total. The highest BCUT2D eigenvalue weighted by molar-refractivity contribution is 6.35. The first-order valence-electron chi connectivity index (χ1n) is 6.37. The first kappa shape index (κ1) is 15.8. The molecule has 1 aromatic heterocycles. The van der Waals surface area contributed by atoms with E-state index in [1.165, 1.54) is 4.68 Å². The van der Waals surface area contributed by atoms with E-state index in [0.717, 1.165) is 0 Å². The van der Waals surface area contributed by atoms with Crippen LogP contribution in [0.15, 0.2) is 42.5 Å². The molecule has 3 aromatic rings. The largest absolute Gasteiger partial charge is 0.475 e. The van der Waals surface area contributed by atoms with Crippen LogP contribution in [0.2, 0.25) is 15.1 Å². The monoisotopic (exact) mass is 367 g/mol. The van der Waals surface area contributed by atoms with Gasteiger partial charge in [-0.3, -0.25) is 0 Å². The molecule has 3 rings (SSSR count). The van der Waals surface area contributed by atoms with Crippen molar-refractivity contribution in [2.24, 2.45) is 0 Å². The summed E-state index contributed by atoms with van der Waals surface area (Å²) >= 11 is 18.1. The lowest BCUT2D eigenvalue weighted by molar-refractivity contribution is 0.0683. The second-order valence-electron chi connectivity index (χ2n) is 4.58. The van der Waals surface area contributed by atoms with Gasteiger partial charge in [-0.05, 0) is 42.5 Å². The Labute approximate surface area is 146 Å². The molecular formula is C15H8Cl3N3O2. The van der Waals surface area contributed by atoms with Gasteiger partial charge in [-0.25, -0.2) is 14.5 Å². The molecular weight excluding hydrogens is 361 g/mol. The Kier molecular flexibility index (Phi) is 4.26. The summed E-state index contributed by atoms with van der Waals surface area (Å²) in [6.07, 6.45) is 0. The van der Waals surface area contributed by atoms with Gasteiger partial charge in [-0.15, -0.1) is 5.10 Å². The van der Waals surface area contributed by atoms with Gasteiger partial charge in [0.2, 0.25) is 0 Å². The number of carboxylic acids is 1.